The Balaban J connectivity index is 0.00000361. The molecule has 2 fully saturated rings. The van der Waals surface area contributed by atoms with Crippen molar-refractivity contribution in [2.75, 3.05) is 29.9 Å². The van der Waals surface area contributed by atoms with Gasteiger partial charge in [0.05, 0.1) is 42.3 Å². The summed E-state index contributed by atoms with van der Waals surface area (Å²) in [5.74, 6) is -2.74. The van der Waals surface area contributed by atoms with Gasteiger partial charge in [0, 0.05) is 34.5 Å². The van der Waals surface area contributed by atoms with Crippen molar-refractivity contribution in [2.45, 2.75) is 51.5 Å². The van der Waals surface area contributed by atoms with Gasteiger partial charge in [0.15, 0.2) is 5.13 Å². The average molecular weight is 547 g/mol. The first-order valence-corrected chi connectivity index (χ1v) is 13.6. The van der Waals surface area contributed by atoms with E-state index in [0.29, 0.717) is 23.8 Å². The van der Waals surface area contributed by atoms with Gasteiger partial charge in [0.25, 0.3) is 0 Å². The number of carboxylic acids is 1. The molecular formula is C23H31N4NaO6S2. The summed E-state index contributed by atoms with van der Waals surface area (Å²) >= 11 is 2.86. The van der Waals surface area contributed by atoms with E-state index in [9.17, 15) is 29.7 Å². The van der Waals surface area contributed by atoms with Crippen LogP contribution in [0.4, 0.5) is 10.9 Å². The number of nitrogens with zero attached hydrogens (tertiary/aromatic N) is 3. The number of hydrogen-bond acceptors (Lipinski definition) is 10. The maximum absolute atomic E-state index is 12.5. The number of rotatable bonds is 10. The molecule has 4 heterocycles. The maximum atomic E-state index is 12.5. The molecule has 0 bridgehead atoms. The minimum Gasteiger partial charge on any atom is -0.543 e. The number of aliphatic hydroxyl groups excluding tert-OH is 2. The van der Waals surface area contributed by atoms with Gasteiger partial charge in [0.2, 0.25) is 11.8 Å². The van der Waals surface area contributed by atoms with Gasteiger partial charge in [-0.3, -0.25) is 9.59 Å². The van der Waals surface area contributed by atoms with Crippen molar-refractivity contribution in [3.05, 3.63) is 16.0 Å². The molecular weight excluding hydrogens is 515 g/mol. The molecule has 36 heavy (non-hydrogen) atoms. The van der Waals surface area contributed by atoms with E-state index in [0.717, 1.165) is 11.6 Å². The molecule has 3 aliphatic heterocycles. The van der Waals surface area contributed by atoms with Gasteiger partial charge in [-0.05, 0) is 12.8 Å². The molecule has 3 N–H and O–H groups in total. The van der Waals surface area contributed by atoms with Crippen molar-refractivity contribution in [2.24, 2.45) is 23.7 Å². The number of carboxylic acid groups (broad SMARTS) is 1. The van der Waals surface area contributed by atoms with E-state index in [1.54, 1.807) is 12.3 Å². The number of aromatic nitrogens is 1. The van der Waals surface area contributed by atoms with E-state index in [2.05, 4.69) is 10.3 Å². The van der Waals surface area contributed by atoms with Gasteiger partial charge in [-0.15, -0.1) is 23.1 Å². The minimum absolute atomic E-state index is 0. The number of amides is 2. The fourth-order valence-corrected chi connectivity index (χ4v) is 7.30. The summed E-state index contributed by atoms with van der Waals surface area (Å²) in [4.78, 5) is 45.3. The molecule has 2 amide bonds. The Labute approximate surface area is 240 Å². The van der Waals surface area contributed by atoms with E-state index in [4.69, 9.17) is 0 Å². The molecule has 0 aromatic carbocycles. The van der Waals surface area contributed by atoms with Crippen molar-refractivity contribution in [3.8, 4) is 0 Å². The van der Waals surface area contributed by atoms with Gasteiger partial charge < -0.3 is 35.2 Å². The quantitative estimate of drug-likeness (QED) is 0.214. The van der Waals surface area contributed by atoms with Crippen LogP contribution in [0.25, 0.3) is 0 Å². The van der Waals surface area contributed by atoms with Gasteiger partial charge >= 0.3 is 29.6 Å². The van der Waals surface area contributed by atoms with Crippen molar-refractivity contribution in [1.29, 1.82) is 0 Å². The van der Waals surface area contributed by atoms with Gasteiger partial charge in [-0.25, -0.2) is 4.98 Å². The van der Waals surface area contributed by atoms with Crippen LogP contribution in [0.15, 0.2) is 16.0 Å². The zero-order valence-corrected chi connectivity index (χ0v) is 24.8. The fourth-order valence-electron chi connectivity index (χ4n) is 5.01. The number of nitrogens with one attached hydrogen (secondary N) is 1. The van der Waals surface area contributed by atoms with Crippen LogP contribution < -0.4 is 44.9 Å². The fraction of sp³-hybridized carbons (Fsp3) is 0.652. The number of fused-ring (bicyclic) bond motifs is 1. The second kappa shape index (κ2) is 11.7. The Bertz CT molecular complexity index is 1040. The Hall–Kier alpha value is -1.15. The zero-order chi connectivity index (χ0) is 25.6. The summed E-state index contributed by atoms with van der Waals surface area (Å²) in [5, 5.41) is 36.8. The van der Waals surface area contributed by atoms with E-state index in [1.807, 2.05) is 25.7 Å². The number of carbonyl (C=O) groups is 3. The van der Waals surface area contributed by atoms with Crippen LogP contribution in [0.5, 0.6) is 0 Å². The molecule has 3 aliphatic rings. The zero-order valence-electron chi connectivity index (χ0n) is 21.1. The van der Waals surface area contributed by atoms with E-state index < -0.39 is 23.9 Å². The molecule has 10 nitrogen and oxygen atoms in total. The Morgan fingerprint density at radius 1 is 1.36 bits per heavy atom. The van der Waals surface area contributed by atoms with E-state index in [-0.39, 0.29) is 76.8 Å². The monoisotopic (exact) mass is 546 g/mol. The standard InChI is InChI=1S/C23H32N4O6S2.Na/c1-5-10(2)14(8-28)20(30)24-15-9-34-23(25-15)26-6-13(7-26)35-19-11(3)17-16(12(4)29)21(31)27(17)18(19)22(32)33;/h9-14,16-17,28-29H,5-8H2,1-4H3,(H,24,30)(H,32,33);/q;+1/p-1/t10-,11+,12+,14+,16+,17+;/m0./s1. The molecule has 0 saturated carbocycles. The number of aliphatic hydroxyl groups is 2. The van der Waals surface area contributed by atoms with Crippen LogP contribution in [0.3, 0.4) is 0 Å². The molecule has 0 unspecified atom stereocenters. The third-order valence-corrected chi connectivity index (χ3v) is 9.67. The molecule has 0 radical (unpaired) electrons. The molecule has 2 saturated heterocycles. The first-order valence-electron chi connectivity index (χ1n) is 11.8. The largest absolute Gasteiger partial charge is 1.00 e. The number of anilines is 2. The molecule has 4 rings (SSSR count). The Kier molecular flexibility index (Phi) is 9.57. The van der Waals surface area contributed by atoms with Gasteiger partial charge in [-0.2, -0.15) is 0 Å². The number of hydrogen-bond donors (Lipinski definition) is 3. The first kappa shape index (κ1) is 29.4. The van der Waals surface area contributed by atoms with Gasteiger partial charge in [0.1, 0.15) is 5.82 Å². The summed E-state index contributed by atoms with van der Waals surface area (Å²) in [5.41, 5.74) is -0.0631. The van der Waals surface area contributed by atoms with Crippen LogP contribution >= 0.6 is 23.1 Å². The van der Waals surface area contributed by atoms with Crippen LogP contribution in [0.1, 0.15) is 34.1 Å². The second-order valence-electron chi connectivity index (χ2n) is 9.58. The molecule has 1 aromatic rings. The van der Waals surface area contributed by atoms with Crippen molar-refractivity contribution in [3.63, 3.8) is 0 Å². The molecule has 6 atom stereocenters. The molecule has 0 spiro atoms. The van der Waals surface area contributed by atoms with Crippen LogP contribution in [-0.2, 0) is 14.4 Å². The molecule has 0 aliphatic carbocycles. The third kappa shape index (κ3) is 5.23. The summed E-state index contributed by atoms with van der Waals surface area (Å²) in [6.45, 7) is 8.43. The first-order chi connectivity index (χ1) is 16.6. The average Bonchev–Trinajstić information content (AvgIpc) is 3.31. The van der Waals surface area contributed by atoms with Crippen molar-refractivity contribution >= 4 is 51.8 Å². The number of carbonyl (C=O) groups excluding carboxylic acids is 3. The minimum atomic E-state index is -1.37. The van der Waals surface area contributed by atoms with Crippen molar-refractivity contribution in [1.82, 2.24) is 9.88 Å². The predicted molar refractivity (Wildman–Crippen MR) is 131 cm³/mol. The normalized spacial score (nSPS) is 25.9. The topological polar surface area (TPSA) is 146 Å². The summed E-state index contributed by atoms with van der Waals surface area (Å²) in [7, 11) is 0. The number of aliphatic carboxylic acids is 1. The number of thioether (sulfide) groups is 1. The second-order valence-corrected chi connectivity index (χ2v) is 11.8. The SMILES string of the molecule is CC[C@H](C)[C@@H](CO)C(=O)Nc1csc(N2CC(SC3=C(C(=O)[O-])N4C(=O)[C@H]([C@@H](C)O)[C@H]4[C@H]3C)C2)n1.[Na+]. The summed E-state index contributed by atoms with van der Waals surface area (Å²) in [6, 6.07) is -0.350. The molecule has 192 valence electrons. The summed E-state index contributed by atoms with van der Waals surface area (Å²) < 4.78 is 0. The number of β-lactam (4-membered cyclic amide) rings is 1. The smallest absolute Gasteiger partial charge is 0.543 e. The van der Waals surface area contributed by atoms with E-state index >= 15 is 0 Å². The summed E-state index contributed by atoms with van der Waals surface area (Å²) in [6.07, 6.45) is -0.0512. The van der Waals surface area contributed by atoms with Crippen LogP contribution in [-0.4, -0.2) is 75.0 Å². The number of thiazole rings is 1. The third-order valence-electron chi connectivity index (χ3n) is 7.32. The maximum Gasteiger partial charge on any atom is 1.00 e. The predicted octanol–water partition coefficient (Wildman–Crippen LogP) is -2.52. The van der Waals surface area contributed by atoms with E-state index in [1.165, 1.54) is 28.0 Å². The molecule has 1 aromatic heterocycles. The molecule has 13 heteroatoms. The van der Waals surface area contributed by atoms with Crippen molar-refractivity contribution < 1.29 is 59.3 Å². The Morgan fingerprint density at radius 2 is 2.03 bits per heavy atom. The van der Waals surface area contributed by atoms with Crippen LogP contribution in [0, 0.1) is 23.7 Å². The Morgan fingerprint density at radius 3 is 2.58 bits per heavy atom. The van der Waals surface area contributed by atoms with Crippen LogP contribution in [0.2, 0.25) is 0 Å². The van der Waals surface area contributed by atoms with Gasteiger partial charge in [-0.1, -0.05) is 27.2 Å².